The van der Waals surface area contributed by atoms with Crippen molar-refractivity contribution < 1.29 is 18.7 Å². The van der Waals surface area contributed by atoms with E-state index in [1.165, 1.54) is 13.1 Å². The van der Waals surface area contributed by atoms with Crippen molar-refractivity contribution in [3.63, 3.8) is 0 Å². The van der Waals surface area contributed by atoms with E-state index in [-0.39, 0.29) is 5.91 Å². The van der Waals surface area contributed by atoms with Gasteiger partial charge in [0.1, 0.15) is 24.1 Å². The molecule has 0 aliphatic rings. The first-order valence-electron chi connectivity index (χ1n) is 8.50. The number of methoxy groups -OCH3 is 1. The topological polar surface area (TPSA) is 98.3 Å². The Kier molecular flexibility index (Phi) is 7.42. The third kappa shape index (κ3) is 6.14. The van der Waals surface area contributed by atoms with Gasteiger partial charge in [0.2, 0.25) is 5.91 Å². The highest BCUT2D eigenvalue weighted by Gasteiger charge is 2.13. The monoisotopic (exact) mass is 377 g/mol. The minimum Gasteiger partial charge on any atom is -0.487 e. The summed E-state index contributed by atoms with van der Waals surface area (Å²) in [6.45, 7) is 5.13. The van der Waals surface area contributed by atoms with E-state index in [0.717, 1.165) is 0 Å². The normalized spacial score (nSPS) is 11.7. The Balaban J connectivity index is 2.33. The number of carbonyl (C=O) groups is 1. The van der Waals surface area contributed by atoms with Crippen LogP contribution in [0.15, 0.2) is 18.3 Å². The van der Waals surface area contributed by atoms with E-state index >= 15 is 0 Å². The van der Waals surface area contributed by atoms with Gasteiger partial charge in [0.25, 0.3) is 0 Å². The fourth-order valence-corrected chi connectivity index (χ4v) is 2.22. The van der Waals surface area contributed by atoms with Crippen LogP contribution in [0.5, 0.6) is 5.75 Å². The predicted octanol–water partition coefficient (Wildman–Crippen LogP) is 2.98. The van der Waals surface area contributed by atoms with Crippen LogP contribution in [0.2, 0.25) is 0 Å². The average molecular weight is 377 g/mol. The van der Waals surface area contributed by atoms with Gasteiger partial charge in [-0.1, -0.05) is 6.92 Å². The van der Waals surface area contributed by atoms with Gasteiger partial charge >= 0.3 is 0 Å². The lowest BCUT2D eigenvalue weighted by Crippen LogP contribution is -2.11. The van der Waals surface area contributed by atoms with Crippen LogP contribution in [0.1, 0.15) is 31.3 Å². The lowest BCUT2D eigenvalue weighted by Gasteiger charge is -2.15. The molecule has 2 aromatic rings. The Morgan fingerprint density at radius 2 is 2.04 bits per heavy atom. The van der Waals surface area contributed by atoms with Crippen LogP contribution in [-0.4, -0.2) is 47.9 Å². The van der Waals surface area contributed by atoms with E-state index in [2.05, 4.69) is 25.6 Å². The Morgan fingerprint density at radius 3 is 2.70 bits per heavy atom. The standard InChI is InChI=1S/C18H24FN5O3/c1-11(9-19)18-21-12(2)7-17(24-18)23-14-8-16(22-13(3)25)20-10-15(14)27-6-5-26-4/h7-8,10-11H,5-6,9H2,1-4H3,(H2,20,21,22,23,24,25). The molecule has 2 heterocycles. The number of hydrogen-bond acceptors (Lipinski definition) is 7. The van der Waals surface area contributed by atoms with Crippen LogP contribution in [0, 0.1) is 6.92 Å². The highest BCUT2D eigenvalue weighted by atomic mass is 19.1. The summed E-state index contributed by atoms with van der Waals surface area (Å²) in [5.41, 5.74) is 1.27. The molecule has 27 heavy (non-hydrogen) atoms. The first kappa shape index (κ1) is 20.5. The summed E-state index contributed by atoms with van der Waals surface area (Å²) >= 11 is 0. The molecular weight excluding hydrogens is 353 g/mol. The number of pyridine rings is 1. The molecular formula is C18H24FN5O3. The number of rotatable bonds is 9. The SMILES string of the molecule is COCCOc1cnc(NC(C)=O)cc1Nc1cc(C)nc(C(C)CF)n1. The van der Waals surface area contributed by atoms with Crippen LogP contribution in [-0.2, 0) is 9.53 Å². The van der Waals surface area contributed by atoms with Crippen LogP contribution < -0.4 is 15.4 Å². The van der Waals surface area contributed by atoms with Gasteiger partial charge in [0, 0.05) is 37.8 Å². The van der Waals surface area contributed by atoms with Crippen LogP contribution in [0.4, 0.5) is 21.7 Å². The molecule has 1 amide bonds. The number of alkyl halides is 1. The lowest BCUT2D eigenvalue weighted by molar-refractivity contribution is -0.114. The summed E-state index contributed by atoms with van der Waals surface area (Å²) in [7, 11) is 1.58. The molecule has 0 saturated heterocycles. The minimum atomic E-state index is -0.545. The molecule has 9 heteroatoms. The summed E-state index contributed by atoms with van der Waals surface area (Å²) in [6, 6.07) is 3.38. The molecule has 2 aromatic heterocycles. The molecule has 0 bridgehead atoms. The van der Waals surface area contributed by atoms with Gasteiger partial charge in [-0.25, -0.2) is 15.0 Å². The molecule has 2 N–H and O–H groups in total. The first-order chi connectivity index (χ1) is 12.9. The van der Waals surface area contributed by atoms with Crippen LogP contribution >= 0.6 is 0 Å². The molecule has 0 fully saturated rings. The third-order valence-corrected chi connectivity index (χ3v) is 3.52. The Bertz CT molecular complexity index is 788. The number of aryl methyl sites for hydroxylation is 1. The number of nitrogens with zero attached hydrogens (tertiary/aromatic N) is 3. The molecule has 0 aliphatic carbocycles. The summed E-state index contributed by atoms with van der Waals surface area (Å²) < 4.78 is 23.7. The molecule has 0 aliphatic heterocycles. The number of nitrogens with one attached hydrogen (secondary N) is 2. The van der Waals surface area contributed by atoms with Crippen molar-refractivity contribution in [2.45, 2.75) is 26.7 Å². The number of anilines is 3. The van der Waals surface area contributed by atoms with Crippen molar-refractivity contribution in [3.8, 4) is 5.75 Å². The van der Waals surface area contributed by atoms with Gasteiger partial charge in [-0.3, -0.25) is 9.18 Å². The lowest BCUT2D eigenvalue weighted by atomic mass is 10.2. The minimum absolute atomic E-state index is 0.238. The highest BCUT2D eigenvalue weighted by molar-refractivity contribution is 5.88. The van der Waals surface area contributed by atoms with Crippen molar-refractivity contribution >= 4 is 23.2 Å². The zero-order valence-electron chi connectivity index (χ0n) is 15.9. The smallest absolute Gasteiger partial charge is 0.222 e. The van der Waals surface area contributed by atoms with Gasteiger partial charge in [0.05, 0.1) is 25.2 Å². The summed E-state index contributed by atoms with van der Waals surface area (Å²) in [5, 5.41) is 5.77. The zero-order valence-corrected chi connectivity index (χ0v) is 15.9. The molecule has 1 unspecified atom stereocenters. The number of aromatic nitrogens is 3. The summed E-state index contributed by atoms with van der Waals surface area (Å²) in [4.78, 5) is 24.1. The van der Waals surface area contributed by atoms with Crippen molar-refractivity contribution in [2.24, 2.45) is 0 Å². The van der Waals surface area contributed by atoms with E-state index in [4.69, 9.17) is 9.47 Å². The van der Waals surface area contributed by atoms with E-state index in [1.807, 2.05) is 6.92 Å². The third-order valence-electron chi connectivity index (χ3n) is 3.52. The molecule has 0 spiro atoms. The molecule has 0 radical (unpaired) electrons. The highest BCUT2D eigenvalue weighted by Crippen LogP contribution is 2.29. The van der Waals surface area contributed by atoms with Gasteiger partial charge in [-0.2, -0.15) is 0 Å². The molecule has 8 nitrogen and oxygen atoms in total. The fourth-order valence-electron chi connectivity index (χ4n) is 2.22. The van der Waals surface area contributed by atoms with Gasteiger partial charge in [-0.15, -0.1) is 0 Å². The van der Waals surface area contributed by atoms with E-state index in [0.29, 0.717) is 47.8 Å². The molecule has 0 saturated carbocycles. The number of carbonyl (C=O) groups excluding carboxylic acids is 1. The Morgan fingerprint density at radius 1 is 1.26 bits per heavy atom. The largest absolute Gasteiger partial charge is 0.487 e. The van der Waals surface area contributed by atoms with E-state index in [1.54, 1.807) is 26.2 Å². The van der Waals surface area contributed by atoms with Crippen molar-refractivity contribution in [3.05, 3.63) is 29.8 Å². The van der Waals surface area contributed by atoms with E-state index in [9.17, 15) is 9.18 Å². The summed E-state index contributed by atoms with van der Waals surface area (Å²) in [6.07, 6.45) is 1.50. The van der Waals surface area contributed by atoms with Gasteiger partial charge in [0.15, 0.2) is 5.75 Å². The second kappa shape index (κ2) is 9.77. The van der Waals surface area contributed by atoms with Crippen molar-refractivity contribution in [1.82, 2.24) is 15.0 Å². The number of amides is 1. The molecule has 2 rings (SSSR count). The molecule has 0 aromatic carbocycles. The fraction of sp³-hybridized carbons (Fsp3) is 0.444. The number of hydrogen-bond donors (Lipinski definition) is 2. The van der Waals surface area contributed by atoms with Crippen LogP contribution in [0.3, 0.4) is 0 Å². The zero-order chi connectivity index (χ0) is 19.8. The average Bonchev–Trinajstić information content (AvgIpc) is 2.62. The maximum atomic E-state index is 13.0. The predicted molar refractivity (Wildman–Crippen MR) is 100 cm³/mol. The maximum absolute atomic E-state index is 13.0. The van der Waals surface area contributed by atoms with Crippen LogP contribution in [0.25, 0.3) is 0 Å². The number of ether oxygens (including phenoxy) is 2. The maximum Gasteiger partial charge on any atom is 0.222 e. The second-order valence-corrected chi connectivity index (χ2v) is 6.02. The van der Waals surface area contributed by atoms with Crippen molar-refractivity contribution in [2.75, 3.05) is 37.6 Å². The number of halogens is 1. The molecule has 1 atom stereocenters. The Labute approximate surface area is 157 Å². The van der Waals surface area contributed by atoms with Gasteiger partial charge < -0.3 is 20.1 Å². The summed E-state index contributed by atoms with van der Waals surface area (Å²) in [5.74, 6) is 1.10. The van der Waals surface area contributed by atoms with Gasteiger partial charge in [-0.05, 0) is 6.92 Å². The second-order valence-electron chi connectivity index (χ2n) is 6.02. The van der Waals surface area contributed by atoms with Crippen molar-refractivity contribution in [1.29, 1.82) is 0 Å². The Hall–Kier alpha value is -2.81. The first-order valence-corrected chi connectivity index (χ1v) is 8.50. The van der Waals surface area contributed by atoms with E-state index < -0.39 is 12.6 Å². The quantitative estimate of drug-likeness (QED) is 0.648. The molecule has 146 valence electrons.